The number of hydrogen-bond acceptors (Lipinski definition) is 3. The molecule has 1 unspecified atom stereocenters. The number of anilines is 1. The predicted octanol–water partition coefficient (Wildman–Crippen LogP) is 1.68. The van der Waals surface area contributed by atoms with Crippen LogP contribution in [-0.4, -0.2) is 16.3 Å². The van der Waals surface area contributed by atoms with Gasteiger partial charge in [-0.05, 0) is 24.6 Å². The summed E-state index contributed by atoms with van der Waals surface area (Å²) in [6.45, 7) is 1.61. The van der Waals surface area contributed by atoms with Gasteiger partial charge in [0.1, 0.15) is 0 Å². The van der Waals surface area contributed by atoms with Crippen LogP contribution in [0.5, 0.6) is 0 Å². The van der Waals surface area contributed by atoms with Crippen molar-refractivity contribution in [2.24, 2.45) is 0 Å². The van der Waals surface area contributed by atoms with E-state index >= 15 is 0 Å². The van der Waals surface area contributed by atoms with Crippen LogP contribution >= 0.6 is 0 Å². The van der Waals surface area contributed by atoms with Gasteiger partial charge in [-0.1, -0.05) is 12.1 Å². The summed E-state index contributed by atoms with van der Waals surface area (Å²) in [5.41, 5.74) is 3.23. The van der Waals surface area contributed by atoms with Gasteiger partial charge in [0.25, 0.3) is 0 Å². The van der Waals surface area contributed by atoms with Gasteiger partial charge in [-0.25, -0.2) is 0 Å². The van der Waals surface area contributed by atoms with Gasteiger partial charge in [-0.2, -0.15) is 0 Å². The van der Waals surface area contributed by atoms with Crippen LogP contribution in [0.15, 0.2) is 24.3 Å². The van der Waals surface area contributed by atoms with Gasteiger partial charge in [0.05, 0.1) is 11.6 Å². The van der Waals surface area contributed by atoms with Crippen LogP contribution in [0.4, 0.5) is 5.69 Å². The second-order valence-electron chi connectivity index (χ2n) is 2.79. The van der Waals surface area contributed by atoms with E-state index < -0.39 is 11.9 Å². The molecule has 1 atom stereocenters. The van der Waals surface area contributed by atoms with E-state index in [1.54, 1.807) is 31.2 Å². The molecule has 1 aromatic carbocycles. The van der Waals surface area contributed by atoms with Crippen LogP contribution < -0.4 is 5.48 Å². The lowest BCUT2D eigenvalue weighted by Crippen LogP contribution is -2.07. The molecule has 0 amide bonds. The second-order valence-corrected chi connectivity index (χ2v) is 2.79. The molecule has 70 valence electrons. The Bertz CT molecular complexity index is 294. The van der Waals surface area contributed by atoms with Crippen molar-refractivity contribution < 1.29 is 15.1 Å². The zero-order valence-electron chi connectivity index (χ0n) is 7.19. The third-order valence-corrected chi connectivity index (χ3v) is 1.91. The number of aliphatic carboxylic acids is 1. The molecule has 0 saturated carbocycles. The Labute approximate surface area is 75.8 Å². The van der Waals surface area contributed by atoms with Crippen molar-refractivity contribution in [1.82, 2.24) is 0 Å². The fourth-order valence-corrected chi connectivity index (χ4v) is 0.989. The van der Waals surface area contributed by atoms with Crippen LogP contribution in [-0.2, 0) is 4.79 Å². The molecule has 0 aromatic heterocycles. The molecule has 4 nitrogen and oxygen atoms in total. The maximum absolute atomic E-state index is 10.6. The minimum absolute atomic E-state index is 0.521. The molecule has 0 aliphatic rings. The molecule has 0 radical (unpaired) electrons. The van der Waals surface area contributed by atoms with Gasteiger partial charge in [0.15, 0.2) is 0 Å². The summed E-state index contributed by atoms with van der Waals surface area (Å²) >= 11 is 0. The highest BCUT2D eigenvalue weighted by Gasteiger charge is 2.12. The first-order chi connectivity index (χ1) is 6.15. The van der Waals surface area contributed by atoms with Crippen molar-refractivity contribution in [3.8, 4) is 0 Å². The van der Waals surface area contributed by atoms with Gasteiger partial charge < -0.3 is 5.11 Å². The molecule has 0 spiro atoms. The number of hydrogen-bond donors (Lipinski definition) is 3. The average molecular weight is 181 g/mol. The van der Waals surface area contributed by atoms with Crippen LogP contribution in [0.1, 0.15) is 18.4 Å². The fourth-order valence-electron chi connectivity index (χ4n) is 0.989. The molecule has 1 rings (SSSR count). The largest absolute Gasteiger partial charge is 0.481 e. The molecule has 3 N–H and O–H groups in total. The van der Waals surface area contributed by atoms with Crippen molar-refractivity contribution >= 4 is 11.7 Å². The van der Waals surface area contributed by atoms with Crippen LogP contribution in [0.3, 0.4) is 0 Å². The van der Waals surface area contributed by atoms with E-state index in [0.717, 1.165) is 0 Å². The molecule has 4 heteroatoms. The van der Waals surface area contributed by atoms with Crippen molar-refractivity contribution in [3.05, 3.63) is 29.8 Å². The van der Waals surface area contributed by atoms with Crippen LogP contribution in [0.2, 0.25) is 0 Å². The third-order valence-electron chi connectivity index (χ3n) is 1.91. The highest BCUT2D eigenvalue weighted by molar-refractivity contribution is 5.75. The Hall–Kier alpha value is -1.55. The lowest BCUT2D eigenvalue weighted by Gasteiger charge is -2.06. The number of carboxylic acids is 1. The van der Waals surface area contributed by atoms with Gasteiger partial charge >= 0.3 is 5.97 Å². The van der Waals surface area contributed by atoms with E-state index in [4.69, 9.17) is 10.3 Å². The number of carboxylic acid groups (broad SMARTS) is 1. The monoisotopic (exact) mass is 181 g/mol. The SMILES string of the molecule is CC(C(=O)O)c1ccc(NO)cc1. The average Bonchev–Trinajstić information content (AvgIpc) is 2.17. The van der Waals surface area contributed by atoms with E-state index in [9.17, 15) is 4.79 Å². The molecule has 0 aliphatic carbocycles. The Balaban J connectivity index is 2.85. The lowest BCUT2D eigenvalue weighted by molar-refractivity contribution is -0.138. The summed E-state index contributed by atoms with van der Waals surface area (Å²) in [5, 5.41) is 17.2. The minimum atomic E-state index is -0.857. The van der Waals surface area contributed by atoms with E-state index in [1.165, 1.54) is 0 Å². The Morgan fingerprint density at radius 3 is 2.31 bits per heavy atom. The van der Waals surface area contributed by atoms with Gasteiger partial charge in [0.2, 0.25) is 0 Å². The molecular formula is C9H11NO3. The summed E-state index contributed by atoms with van der Waals surface area (Å²) in [4.78, 5) is 10.6. The molecule has 0 aliphatic heterocycles. The first-order valence-corrected chi connectivity index (χ1v) is 3.88. The van der Waals surface area contributed by atoms with Crippen LogP contribution in [0.25, 0.3) is 0 Å². The molecule has 13 heavy (non-hydrogen) atoms. The van der Waals surface area contributed by atoms with E-state index in [-0.39, 0.29) is 0 Å². The van der Waals surface area contributed by atoms with E-state index in [0.29, 0.717) is 11.3 Å². The van der Waals surface area contributed by atoms with E-state index in [2.05, 4.69) is 0 Å². The maximum Gasteiger partial charge on any atom is 0.310 e. The zero-order chi connectivity index (χ0) is 9.84. The Kier molecular flexibility index (Phi) is 2.87. The van der Waals surface area contributed by atoms with Gasteiger partial charge in [0, 0.05) is 0 Å². The second kappa shape index (κ2) is 3.91. The first-order valence-electron chi connectivity index (χ1n) is 3.88. The molecule has 0 bridgehead atoms. The summed E-state index contributed by atoms with van der Waals surface area (Å²) in [6, 6.07) is 6.57. The Morgan fingerprint density at radius 2 is 1.92 bits per heavy atom. The van der Waals surface area contributed by atoms with E-state index in [1.807, 2.05) is 5.48 Å². The van der Waals surface area contributed by atoms with Crippen molar-refractivity contribution in [2.45, 2.75) is 12.8 Å². The van der Waals surface area contributed by atoms with Crippen molar-refractivity contribution in [1.29, 1.82) is 0 Å². The molecule has 1 aromatic rings. The summed E-state index contributed by atoms with van der Waals surface area (Å²) in [7, 11) is 0. The molecular weight excluding hydrogens is 170 g/mol. The lowest BCUT2D eigenvalue weighted by atomic mass is 10.0. The predicted molar refractivity (Wildman–Crippen MR) is 47.9 cm³/mol. The zero-order valence-corrected chi connectivity index (χ0v) is 7.19. The number of carbonyl (C=O) groups is 1. The molecule has 0 fully saturated rings. The van der Waals surface area contributed by atoms with Gasteiger partial charge in [-0.3, -0.25) is 15.5 Å². The van der Waals surface area contributed by atoms with Crippen molar-refractivity contribution in [2.75, 3.05) is 5.48 Å². The Morgan fingerprint density at radius 1 is 1.38 bits per heavy atom. The number of nitrogens with one attached hydrogen (secondary N) is 1. The third kappa shape index (κ3) is 2.19. The fraction of sp³-hybridized carbons (Fsp3) is 0.222. The van der Waals surface area contributed by atoms with Crippen LogP contribution in [0, 0.1) is 0 Å². The van der Waals surface area contributed by atoms with Crippen molar-refractivity contribution in [3.63, 3.8) is 0 Å². The standard InChI is InChI=1S/C9H11NO3/c1-6(9(11)12)7-2-4-8(10-13)5-3-7/h2-6,10,13H,1H3,(H,11,12). The summed E-state index contributed by atoms with van der Waals surface area (Å²) < 4.78 is 0. The highest BCUT2D eigenvalue weighted by Crippen LogP contribution is 2.17. The smallest absolute Gasteiger partial charge is 0.310 e. The molecule has 0 saturated heterocycles. The first kappa shape index (κ1) is 9.54. The highest BCUT2D eigenvalue weighted by atomic mass is 16.5. The number of benzene rings is 1. The topological polar surface area (TPSA) is 69.6 Å². The molecule has 0 heterocycles. The van der Waals surface area contributed by atoms with Gasteiger partial charge in [-0.15, -0.1) is 0 Å². The minimum Gasteiger partial charge on any atom is -0.481 e. The normalized spacial score (nSPS) is 12.2. The quantitative estimate of drug-likeness (QED) is 0.620. The number of rotatable bonds is 3. The summed E-state index contributed by atoms with van der Waals surface area (Å²) in [5.74, 6) is -1.38. The maximum atomic E-state index is 10.6. The summed E-state index contributed by atoms with van der Waals surface area (Å²) in [6.07, 6.45) is 0.